The fourth-order valence-corrected chi connectivity index (χ4v) is 8.06. The molecule has 5 aromatic rings. The molecule has 0 spiro atoms. The van der Waals surface area contributed by atoms with Crippen molar-refractivity contribution >= 4 is 72.3 Å². The van der Waals surface area contributed by atoms with Crippen LogP contribution in [0.2, 0.25) is 0 Å². The quantitative estimate of drug-likeness (QED) is 0.0828. The maximum atomic E-state index is 13.9. The third kappa shape index (κ3) is 10.3. The Morgan fingerprint density at radius 3 is 1.65 bits per heavy atom. The summed E-state index contributed by atoms with van der Waals surface area (Å²) < 4.78 is 50.4. The van der Waals surface area contributed by atoms with E-state index < -0.39 is 47.4 Å². The SMILES string of the molecule is COCC(Oc1c(C(=O)NCC2CCCCC2)sc2ccccc12)C(=O)O.COCC(Oc1c(C(=O)Nc2c(F)cccc2F)sc2ccccc12)C(=O)O. The topological polar surface area (TPSA) is 170 Å². The van der Waals surface area contributed by atoms with Crippen LogP contribution in [0.15, 0.2) is 66.7 Å². The molecule has 16 heteroatoms. The largest absolute Gasteiger partial charge is 0.478 e. The lowest BCUT2D eigenvalue weighted by Crippen LogP contribution is -2.33. The number of halogens is 2. The van der Waals surface area contributed by atoms with Crippen LogP contribution < -0.4 is 20.1 Å². The summed E-state index contributed by atoms with van der Waals surface area (Å²) in [6.07, 6.45) is 3.47. The van der Waals surface area contributed by atoms with Crippen LogP contribution in [0.4, 0.5) is 14.5 Å². The number of carbonyl (C=O) groups excluding carboxylic acids is 2. The van der Waals surface area contributed by atoms with Crippen LogP contribution in [0.5, 0.6) is 11.5 Å². The molecule has 4 N–H and O–H groups in total. The highest BCUT2D eigenvalue weighted by molar-refractivity contribution is 7.21. The molecule has 292 valence electrons. The first-order valence-electron chi connectivity index (χ1n) is 17.4. The van der Waals surface area contributed by atoms with Crippen molar-refractivity contribution in [3.8, 4) is 11.5 Å². The van der Waals surface area contributed by atoms with Crippen LogP contribution in [0, 0.1) is 17.6 Å². The second-order valence-electron chi connectivity index (χ2n) is 12.6. The molecule has 1 saturated carbocycles. The van der Waals surface area contributed by atoms with Crippen molar-refractivity contribution in [1.82, 2.24) is 5.32 Å². The van der Waals surface area contributed by atoms with Crippen molar-refractivity contribution in [2.75, 3.05) is 39.3 Å². The smallest absolute Gasteiger partial charge is 0.347 e. The summed E-state index contributed by atoms with van der Waals surface area (Å²) in [6, 6.07) is 17.5. The van der Waals surface area contributed by atoms with Gasteiger partial charge in [0.25, 0.3) is 11.8 Å². The van der Waals surface area contributed by atoms with Gasteiger partial charge in [-0.3, -0.25) is 9.59 Å². The van der Waals surface area contributed by atoms with E-state index in [1.807, 2.05) is 24.3 Å². The molecule has 3 aromatic carbocycles. The Kier molecular flexibility index (Phi) is 14.5. The van der Waals surface area contributed by atoms with Gasteiger partial charge in [0.05, 0.1) is 13.2 Å². The average Bonchev–Trinajstić information content (AvgIpc) is 3.74. The summed E-state index contributed by atoms with van der Waals surface area (Å²) in [5.74, 6) is -4.44. The van der Waals surface area contributed by atoms with E-state index in [2.05, 4.69) is 10.6 Å². The zero-order valence-electron chi connectivity index (χ0n) is 30.0. The number of rotatable bonds is 15. The van der Waals surface area contributed by atoms with Gasteiger partial charge < -0.3 is 39.8 Å². The number of carbonyl (C=O) groups is 4. The summed E-state index contributed by atoms with van der Waals surface area (Å²) in [7, 11) is 2.74. The van der Waals surface area contributed by atoms with Crippen LogP contribution in [0.1, 0.15) is 51.4 Å². The Morgan fingerprint density at radius 1 is 0.709 bits per heavy atom. The third-order valence-corrected chi connectivity index (χ3v) is 11.0. The van der Waals surface area contributed by atoms with Gasteiger partial charge in [-0.15, -0.1) is 22.7 Å². The minimum absolute atomic E-state index is 0.00814. The number of fused-ring (bicyclic) bond motifs is 2. The molecule has 1 aliphatic rings. The third-order valence-electron chi connectivity index (χ3n) is 8.70. The number of benzene rings is 3. The first-order chi connectivity index (χ1) is 26.5. The summed E-state index contributed by atoms with van der Waals surface area (Å²) in [5, 5.41) is 25.1. The molecule has 2 aromatic heterocycles. The van der Waals surface area contributed by atoms with Gasteiger partial charge in [0.15, 0.2) is 11.5 Å². The summed E-state index contributed by atoms with van der Waals surface area (Å²) in [4.78, 5) is 48.8. The van der Waals surface area contributed by atoms with E-state index in [1.165, 1.54) is 50.9 Å². The van der Waals surface area contributed by atoms with Crippen molar-refractivity contribution in [2.24, 2.45) is 5.92 Å². The van der Waals surface area contributed by atoms with Gasteiger partial charge >= 0.3 is 11.9 Å². The number of aliphatic carboxylic acids is 2. The van der Waals surface area contributed by atoms with Crippen LogP contribution in [-0.4, -0.2) is 80.2 Å². The second kappa shape index (κ2) is 19.4. The van der Waals surface area contributed by atoms with E-state index in [4.69, 9.17) is 18.9 Å². The molecule has 1 fully saturated rings. The normalized spacial score (nSPS) is 14.0. The molecule has 2 heterocycles. The summed E-state index contributed by atoms with van der Waals surface area (Å²) in [6.45, 7) is 0.304. The Hall–Kier alpha value is -5.16. The van der Waals surface area contributed by atoms with E-state index in [9.17, 15) is 38.2 Å². The van der Waals surface area contributed by atoms with Crippen LogP contribution >= 0.6 is 22.7 Å². The zero-order chi connectivity index (χ0) is 39.5. The number of carboxylic acid groups (broad SMARTS) is 2. The lowest BCUT2D eigenvalue weighted by atomic mass is 9.89. The van der Waals surface area contributed by atoms with Crippen LogP contribution in [0.3, 0.4) is 0 Å². The lowest BCUT2D eigenvalue weighted by Gasteiger charge is -2.21. The molecule has 0 aliphatic heterocycles. The van der Waals surface area contributed by atoms with Gasteiger partial charge in [-0.1, -0.05) is 49.6 Å². The van der Waals surface area contributed by atoms with Gasteiger partial charge in [-0.05, 0) is 55.2 Å². The number of carboxylic acids is 2. The van der Waals surface area contributed by atoms with Gasteiger partial charge in [0.2, 0.25) is 12.2 Å². The molecular formula is C39H40F2N2O10S2. The van der Waals surface area contributed by atoms with Gasteiger partial charge in [-0.2, -0.15) is 0 Å². The number of nitrogens with one attached hydrogen (secondary N) is 2. The molecule has 55 heavy (non-hydrogen) atoms. The summed E-state index contributed by atoms with van der Waals surface area (Å²) in [5.41, 5.74) is -0.595. The van der Waals surface area contributed by atoms with E-state index >= 15 is 0 Å². The monoisotopic (exact) mass is 798 g/mol. The van der Waals surface area contributed by atoms with Gasteiger partial charge in [0.1, 0.15) is 27.1 Å². The minimum atomic E-state index is -1.36. The van der Waals surface area contributed by atoms with E-state index in [1.54, 1.807) is 24.3 Å². The molecule has 12 nitrogen and oxygen atoms in total. The van der Waals surface area contributed by atoms with Gasteiger partial charge in [-0.25, -0.2) is 18.4 Å². The fourth-order valence-electron chi connectivity index (χ4n) is 5.97. The van der Waals surface area contributed by atoms with E-state index in [-0.39, 0.29) is 29.7 Å². The molecule has 2 amide bonds. The zero-order valence-corrected chi connectivity index (χ0v) is 31.6. The average molecular weight is 799 g/mol. The van der Waals surface area contributed by atoms with Crippen molar-refractivity contribution in [1.29, 1.82) is 0 Å². The van der Waals surface area contributed by atoms with E-state index in [0.29, 0.717) is 33.2 Å². The molecule has 0 radical (unpaired) electrons. The molecule has 0 bridgehead atoms. The maximum absolute atomic E-state index is 13.9. The molecule has 2 unspecified atom stereocenters. The van der Waals surface area contributed by atoms with Crippen molar-refractivity contribution < 1.29 is 57.1 Å². The number of para-hydroxylation sites is 1. The predicted molar refractivity (Wildman–Crippen MR) is 205 cm³/mol. The number of amides is 2. The van der Waals surface area contributed by atoms with Gasteiger partial charge in [0, 0.05) is 40.9 Å². The molecule has 2 atom stereocenters. The maximum Gasteiger partial charge on any atom is 0.347 e. The predicted octanol–water partition coefficient (Wildman–Crippen LogP) is 7.60. The molecule has 0 saturated heterocycles. The lowest BCUT2D eigenvalue weighted by molar-refractivity contribution is -0.148. The number of hydrogen-bond acceptors (Lipinski definition) is 10. The second-order valence-corrected chi connectivity index (χ2v) is 14.7. The van der Waals surface area contributed by atoms with Crippen LogP contribution in [0.25, 0.3) is 20.2 Å². The summed E-state index contributed by atoms with van der Waals surface area (Å²) >= 11 is 2.34. The van der Waals surface area contributed by atoms with Crippen molar-refractivity contribution in [3.05, 3.63) is 88.1 Å². The standard InChI is InChI=1S/C20H25NO5S.C19H15F2NO5S/c1-25-12-15(20(23)24)26-17-14-9-5-6-10-16(14)27-18(17)19(22)21-11-13-7-3-2-4-8-13;1-26-9-13(19(24)25)27-16-10-5-2-3-8-14(10)28-17(16)18(23)22-15-11(20)6-4-7-12(15)21/h5-6,9-10,13,15H,2-4,7-8,11-12H2,1H3,(H,21,22)(H,23,24);2-8,13H,9H2,1H3,(H,22,23)(H,24,25). The Morgan fingerprint density at radius 2 is 1.18 bits per heavy atom. The first kappa shape index (κ1) is 41.0. The Bertz CT molecular complexity index is 2110. The number of thiophene rings is 2. The molecule has 1 aliphatic carbocycles. The highest BCUT2D eigenvalue weighted by Gasteiger charge is 2.29. The van der Waals surface area contributed by atoms with Crippen LogP contribution in [-0.2, 0) is 19.1 Å². The molecular weight excluding hydrogens is 759 g/mol. The molecule has 6 rings (SSSR count). The minimum Gasteiger partial charge on any atom is -0.478 e. The highest BCUT2D eigenvalue weighted by Crippen LogP contribution is 2.40. The highest BCUT2D eigenvalue weighted by atomic mass is 32.1. The Balaban J connectivity index is 0.000000211. The Labute approximate surface area is 323 Å². The number of ether oxygens (including phenoxy) is 4. The number of methoxy groups -OCH3 is 2. The first-order valence-corrected chi connectivity index (χ1v) is 19.0. The van der Waals surface area contributed by atoms with E-state index in [0.717, 1.165) is 46.4 Å². The fraction of sp³-hybridized carbons (Fsp3) is 0.333. The number of hydrogen-bond donors (Lipinski definition) is 4. The van der Waals surface area contributed by atoms with Crippen molar-refractivity contribution in [3.63, 3.8) is 0 Å². The van der Waals surface area contributed by atoms with Crippen molar-refractivity contribution in [2.45, 2.75) is 44.3 Å². The number of anilines is 1.